The first kappa shape index (κ1) is 36.7. The summed E-state index contributed by atoms with van der Waals surface area (Å²) in [5.74, 6) is 0. The molecule has 4 aliphatic heterocycles. The number of β-amino-alcohol motifs (C(OH)–C–C–N with tert-alkyl or cyclic N) is 2. The molecule has 4 heterocycles. The van der Waals surface area contributed by atoms with Crippen LogP contribution in [0.4, 0.5) is 0 Å². The SMILES string of the molecule is CC(C)N1CC(O)C1.CC(C)N1CCC(O)(CO)CC1.CC(C)N1CCC(O)C1.CC(C)N1CCC(O)CC1. The van der Waals surface area contributed by atoms with Crippen LogP contribution in [0.3, 0.4) is 0 Å². The Morgan fingerprint density at radius 3 is 1.18 bits per heavy atom. The van der Waals surface area contributed by atoms with Crippen LogP contribution in [0.25, 0.3) is 0 Å². The monoisotopic (exact) mass is 560 g/mol. The molecular formula is C30H64N4O5. The van der Waals surface area contributed by atoms with Crippen LogP contribution in [-0.4, -0.2) is 152 Å². The van der Waals surface area contributed by atoms with Gasteiger partial charge in [0.25, 0.3) is 0 Å². The summed E-state index contributed by atoms with van der Waals surface area (Å²) in [5.41, 5.74) is -0.800. The van der Waals surface area contributed by atoms with Gasteiger partial charge in [-0.3, -0.25) is 9.80 Å². The fourth-order valence-electron chi connectivity index (χ4n) is 5.16. The third-order valence-electron chi connectivity index (χ3n) is 8.53. The maximum Gasteiger partial charge on any atom is 0.0901 e. The maximum atomic E-state index is 9.70. The zero-order valence-corrected chi connectivity index (χ0v) is 26.5. The summed E-state index contributed by atoms with van der Waals surface area (Å²) in [6.07, 6.45) is 4.12. The van der Waals surface area contributed by atoms with Crippen molar-refractivity contribution in [3.05, 3.63) is 0 Å². The minimum Gasteiger partial charge on any atom is -0.393 e. The lowest BCUT2D eigenvalue weighted by molar-refractivity contribution is -0.0637. The molecule has 4 rings (SSSR count). The van der Waals surface area contributed by atoms with Gasteiger partial charge in [-0.25, -0.2) is 0 Å². The first-order valence-electron chi connectivity index (χ1n) is 15.5. The van der Waals surface area contributed by atoms with Gasteiger partial charge in [-0.15, -0.1) is 0 Å². The number of aliphatic hydroxyl groups is 5. The Bertz CT molecular complexity index is 614. The van der Waals surface area contributed by atoms with E-state index in [-0.39, 0.29) is 24.9 Å². The molecule has 0 bridgehead atoms. The van der Waals surface area contributed by atoms with E-state index in [0.29, 0.717) is 37.0 Å². The average molecular weight is 561 g/mol. The predicted molar refractivity (Wildman–Crippen MR) is 160 cm³/mol. The van der Waals surface area contributed by atoms with E-state index >= 15 is 0 Å². The van der Waals surface area contributed by atoms with Crippen molar-refractivity contribution in [2.45, 2.75) is 136 Å². The highest BCUT2D eigenvalue weighted by Gasteiger charge is 2.32. The second-order valence-corrected chi connectivity index (χ2v) is 13.1. The lowest BCUT2D eigenvalue weighted by Gasteiger charge is -2.38. The van der Waals surface area contributed by atoms with Crippen molar-refractivity contribution in [2.75, 3.05) is 59.0 Å². The molecule has 1 atom stereocenters. The van der Waals surface area contributed by atoms with Crippen LogP contribution in [0.5, 0.6) is 0 Å². The van der Waals surface area contributed by atoms with Gasteiger partial charge >= 0.3 is 0 Å². The second kappa shape index (κ2) is 18.2. The second-order valence-electron chi connectivity index (χ2n) is 13.1. The molecule has 0 saturated carbocycles. The zero-order chi connectivity index (χ0) is 29.8. The van der Waals surface area contributed by atoms with E-state index in [1.165, 1.54) is 0 Å². The normalized spacial score (nSPS) is 25.6. The van der Waals surface area contributed by atoms with Crippen LogP contribution in [0.15, 0.2) is 0 Å². The van der Waals surface area contributed by atoms with Crippen molar-refractivity contribution < 1.29 is 25.5 Å². The smallest absolute Gasteiger partial charge is 0.0901 e. The largest absolute Gasteiger partial charge is 0.393 e. The fourth-order valence-corrected chi connectivity index (χ4v) is 5.16. The zero-order valence-electron chi connectivity index (χ0n) is 26.5. The van der Waals surface area contributed by atoms with E-state index in [2.05, 4.69) is 75.0 Å². The Balaban J connectivity index is 0.000000263. The number of rotatable bonds is 5. The Hall–Kier alpha value is -0.360. The van der Waals surface area contributed by atoms with Gasteiger partial charge < -0.3 is 35.3 Å². The summed E-state index contributed by atoms with van der Waals surface area (Å²) in [5, 5.41) is 45.7. The minimum absolute atomic E-state index is 0.0324. The van der Waals surface area contributed by atoms with Gasteiger partial charge in [-0.1, -0.05) is 0 Å². The Morgan fingerprint density at radius 1 is 0.538 bits per heavy atom. The summed E-state index contributed by atoms with van der Waals surface area (Å²) in [6, 6.07) is 2.40. The van der Waals surface area contributed by atoms with Crippen molar-refractivity contribution in [2.24, 2.45) is 0 Å². The molecule has 0 amide bonds. The standard InChI is InChI=1S/C9H19NO2.C8H17NO.C7H15NO.C6H13NO/c1-8(2)10-5-3-9(12,7-11)4-6-10;1-7(2)9-5-3-8(10)4-6-9;1-6(2)8-4-3-7(9)5-8;1-5(2)7-3-6(8)4-7/h8,11-12H,3-7H2,1-2H3;7-8,10H,3-6H2,1-2H3;6-7,9H,3-5H2,1-2H3;5-6,8H,3-4H2,1-2H3. The van der Waals surface area contributed by atoms with Gasteiger partial charge in [0.15, 0.2) is 0 Å². The van der Waals surface area contributed by atoms with Gasteiger partial charge in [0, 0.05) is 76.5 Å². The Morgan fingerprint density at radius 2 is 0.897 bits per heavy atom. The fraction of sp³-hybridized carbons (Fsp3) is 1.00. The van der Waals surface area contributed by atoms with Gasteiger partial charge in [-0.2, -0.15) is 0 Å². The van der Waals surface area contributed by atoms with E-state index in [4.69, 9.17) is 15.3 Å². The van der Waals surface area contributed by atoms with Crippen molar-refractivity contribution in [1.29, 1.82) is 0 Å². The van der Waals surface area contributed by atoms with E-state index in [0.717, 1.165) is 71.6 Å². The number of hydrogen-bond donors (Lipinski definition) is 5. The number of hydrogen-bond acceptors (Lipinski definition) is 9. The summed E-state index contributed by atoms with van der Waals surface area (Å²) in [4.78, 5) is 9.27. The molecule has 4 fully saturated rings. The van der Waals surface area contributed by atoms with Gasteiger partial charge in [-0.05, 0) is 87.5 Å². The van der Waals surface area contributed by atoms with Crippen LogP contribution >= 0.6 is 0 Å². The molecule has 234 valence electrons. The summed E-state index contributed by atoms with van der Waals surface area (Å²) < 4.78 is 0. The highest BCUT2D eigenvalue weighted by Crippen LogP contribution is 2.22. The lowest BCUT2D eigenvalue weighted by atomic mass is 9.92. The molecule has 0 spiro atoms. The summed E-state index contributed by atoms with van der Waals surface area (Å²) >= 11 is 0. The number of piperidine rings is 2. The molecule has 9 nitrogen and oxygen atoms in total. The first-order chi connectivity index (χ1) is 18.2. The van der Waals surface area contributed by atoms with Crippen molar-refractivity contribution in [3.63, 3.8) is 0 Å². The van der Waals surface area contributed by atoms with E-state index in [9.17, 15) is 10.2 Å². The van der Waals surface area contributed by atoms with Gasteiger partial charge in [0.1, 0.15) is 0 Å². The average Bonchev–Trinajstić information content (AvgIpc) is 3.30. The van der Waals surface area contributed by atoms with Crippen molar-refractivity contribution in [1.82, 2.24) is 19.6 Å². The molecule has 1 unspecified atom stereocenters. The molecule has 0 aromatic heterocycles. The molecule has 9 heteroatoms. The number of likely N-dealkylation sites (tertiary alicyclic amines) is 4. The third-order valence-corrected chi connectivity index (χ3v) is 8.53. The molecule has 0 radical (unpaired) electrons. The lowest BCUT2D eigenvalue weighted by Crippen LogP contribution is -2.53. The molecule has 39 heavy (non-hydrogen) atoms. The topological polar surface area (TPSA) is 114 Å². The van der Waals surface area contributed by atoms with Crippen LogP contribution in [-0.2, 0) is 0 Å². The highest BCUT2D eigenvalue weighted by atomic mass is 16.3. The third kappa shape index (κ3) is 14.4. The predicted octanol–water partition coefficient (Wildman–Crippen LogP) is 1.60. The minimum atomic E-state index is -0.800. The van der Waals surface area contributed by atoms with Gasteiger partial charge in [0.05, 0.1) is 30.5 Å². The Kier molecular flexibility index (Phi) is 17.1. The van der Waals surface area contributed by atoms with E-state index in [1.54, 1.807) is 0 Å². The van der Waals surface area contributed by atoms with Crippen LogP contribution in [0.1, 0.15) is 87.5 Å². The molecule has 0 aromatic rings. The van der Waals surface area contributed by atoms with Crippen LogP contribution in [0.2, 0.25) is 0 Å². The van der Waals surface area contributed by atoms with Crippen molar-refractivity contribution in [3.8, 4) is 0 Å². The van der Waals surface area contributed by atoms with E-state index in [1.807, 2.05) is 0 Å². The maximum absolute atomic E-state index is 9.70. The molecule has 0 aliphatic carbocycles. The molecule has 5 N–H and O–H groups in total. The summed E-state index contributed by atoms with van der Waals surface area (Å²) in [6.45, 7) is 24.9. The number of aliphatic hydroxyl groups excluding tert-OH is 4. The molecule has 4 aliphatic rings. The quantitative estimate of drug-likeness (QED) is 0.342. The Labute approximate surface area is 239 Å². The van der Waals surface area contributed by atoms with Gasteiger partial charge in [0.2, 0.25) is 0 Å². The summed E-state index contributed by atoms with van der Waals surface area (Å²) in [7, 11) is 0. The molecule has 4 saturated heterocycles. The number of nitrogens with zero attached hydrogens (tertiary/aromatic N) is 4. The van der Waals surface area contributed by atoms with Crippen LogP contribution < -0.4 is 0 Å². The first-order valence-corrected chi connectivity index (χ1v) is 15.5. The van der Waals surface area contributed by atoms with Crippen molar-refractivity contribution >= 4 is 0 Å². The van der Waals surface area contributed by atoms with Crippen LogP contribution in [0, 0.1) is 0 Å². The molecular weight excluding hydrogens is 496 g/mol. The molecule has 0 aromatic carbocycles. The highest BCUT2D eigenvalue weighted by molar-refractivity contribution is 4.86. The van der Waals surface area contributed by atoms with E-state index < -0.39 is 5.60 Å².